The summed E-state index contributed by atoms with van der Waals surface area (Å²) in [6, 6.07) is 16.8. The van der Waals surface area contributed by atoms with Crippen LogP contribution in [-0.4, -0.2) is 11.9 Å². The molecule has 0 saturated carbocycles. The van der Waals surface area contributed by atoms with Crippen LogP contribution in [0.1, 0.15) is 71.4 Å². The van der Waals surface area contributed by atoms with Gasteiger partial charge in [-0.25, -0.2) is 9.59 Å². The van der Waals surface area contributed by atoms with Gasteiger partial charge in [0.05, 0.1) is 11.1 Å². The van der Waals surface area contributed by atoms with Crippen LogP contribution >= 0.6 is 0 Å². The Kier molecular flexibility index (Phi) is 8.68. The Labute approximate surface area is 200 Å². The first-order valence-corrected chi connectivity index (χ1v) is 11.7. The minimum atomic E-state index is -0.497. The molecule has 6 heteroatoms. The van der Waals surface area contributed by atoms with E-state index in [1.807, 2.05) is 12.1 Å². The molecule has 3 aromatic rings. The lowest BCUT2D eigenvalue weighted by atomic mass is 10.1. The maximum absolute atomic E-state index is 12.7. The second kappa shape index (κ2) is 11.9. The molecule has 0 aromatic heterocycles. The predicted octanol–water partition coefficient (Wildman–Crippen LogP) is 5.97. The van der Waals surface area contributed by atoms with Crippen molar-refractivity contribution in [3.05, 3.63) is 82.9 Å². The Morgan fingerprint density at radius 2 is 1.03 bits per heavy atom. The zero-order chi connectivity index (χ0) is 24.5. The molecule has 0 spiro atoms. The summed E-state index contributed by atoms with van der Waals surface area (Å²) in [5, 5.41) is 0. The summed E-state index contributed by atoms with van der Waals surface area (Å²) in [6.45, 7) is 4.20. The fourth-order valence-corrected chi connectivity index (χ4v) is 3.58. The zero-order valence-electron chi connectivity index (χ0n) is 19.8. The molecule has 0 saturated heterocycles. The van der Waals surface area contributed by atoms with Crippen LogP contribution < -0.4 is 20.9 Å². The third-order valence-corrected chi connectivity index (χ3v) is 5.53. The summed E-state index contributed by atoms with van der Waals surface area (Å²) in [7, 11) is 0. The third-order valence-electron chi connectivity index (χ3n) is 5.53. The average Bonchev–Trinajstić information content (AvgIpc) is 2.84. The second-order valence-corrected chi connectivity index (χ2v) is 8.30. The van der Waals surface area contributed by atoms with Crippen LogP contribution in [0.4, 0.5) is 11.4 Å². The highest BCUT2D eigenvalue weighted by atomic mass is 16.5. The fraction of sp³-hybridized carbons (Fsp3) is 0.286. The normalized spacial score (nSPS) is 10.6. The smallest absolute Gasteiger partial charge is 0.343 e. The maximum Gasteiger partial charge on any atom is 0.343 e. The lowest BCUT2D eigenvalue weighted by molar-refractivity contribution is 0.0719. The molecular weight excluding hydrogens is 428 g/mol. The molecule has 0 unspecified atom stereocenters. The number of hydrogen-bond acceptors (Lipinski definition) is 6. The van der Waals surface area contributed by atoms with Crippen molar-refractivity contribution in [1.82, 2.24) is 0 Å². The van der Waals surface area contributed by atoms with E-state index in [9.17, 15) is 9.59 Å². The SMILES string of the molecule is CCCCc1cc(N)ccc1OC(=O)c1ccc(C(=O)Oc2ccc(N)cc2CCCC)cc1. The van der Waals surface area contributed by atoms with Crippen LogP contribution in [-0.2, 0) is 12.8 Å². The van der Waals surface area contributed by atoms with Gasteiger partial charge in [0.15, 0.2) is 0 Å². The van der Waals surface area contributed by atoms with Crippen molar-refractivity contribution in [2.45, 2.75) is 52.4 Å². The van der Waals surface area contributed by atoms with Gasteiger partial charge in [-0.1, -0.05) is 26.7 Å². The van der Waals surface area contributed by atoms with Gasteiger partial charge in [-0.2, -0.15) is 0 Å². The van der Waals surface area contributed by atoms with Crippen LogP contribution in [0.5, 0.6) is 11.5 Å². The molecule has 34 heavy (non-hydrogen) atoms. The standard InChI is InChI=1S/C28H32N2O4/c1-3-5-7-21-17-23(29)13-15-25(21)33-27(31)19-9-11-20(12-10-19)28(32)34-26-16-14-24(30)18-22(26)8-6-4-2/h9-18H,3-8,29-30H2,1-2H3. The number of hydrogen-bond donors (Lipinski definition) is 2. The van der Waals surface area contributed by atoms with Crippen molar-refractivity contribution in [1.29, 1.82) is 0 Å². The summed E-state index contributed by atoms with van der Waals surface area (Å²) < 4.78 is 11.2. The minimum Gasteiger partial charge on any atom is -0.423 e. The number of unbranched alkanes of at least 4 members (excludes halogenated alkanes) is 2. The molecule has 0 bridgehead atoms. The van der Waals surface area contributed by atoms with Crippen molar-refractivity contribution >= 4 is 23.3 Å². The van der Waals surface area contributed by atoms with Crippen molar-refractivity contribution in [2.24, 2.45) is 0 Å². The highest BCUT2D eigenvalue weighted by Crippen LogP contribution is 2.26. The van der Waals surface area contributed by atoms with E-state index in [0.29, 0.717) is 34.0 Å². The molecule has 178 valence electrons. The quantitative estimate of drug-likeness (QED) is 0.219. The topological polar surface area (TPSA) is 105 Å². The monoisotopic (exact) mass is 460 g/mol. The number of ether oxygens (including phenoxy) is 2. The summed E-state index contributed by atoms with van der Waals surface area (Å²) in [4.78, 5) is 25.4. The largest absolute Gasteiger partial charge is 0.423 e. The number of benzene rings is 3. The first kappa shape index (κ1) is 24.8. The van der Waals surface area contributed by atoms with Crippen LogP contribution in [0.3, 0.4) is 0 Å². The van der Waals surface area contributed by atoms with Gasteiger partial charge >= 0.3 is 11.9 Å². The Bertz CT molecular complexity index is 1050. The maximum atomic E-state index is 12.7. The fourth-order valence-electron chi connectivity index (χ4n) is 3.58. The number of anilines is 2. The molecule has 3 rings (SSSR count). The van der Waals surface area contributed by atoms with Crippen LogP contribution in [0.25, 0.3) is 0 Å². The van der Waals surface area contributed by atoms with Gasteiger partial charge in [0.2, 0.25) is 0 Å². The molecule has 0 aliphatic carbocycles. The van der Waals surface area contributed by atoms with E-state index in [1.165, 1.54) is 0 Å². The molecule has 0 radical (unpaired) electrons. The van der Waals surface area contributed by atoms with E-state index in [1.54, 1.807) is 48.5 Å². The van der Waals surface area contributed by atoms with Gasteiger partial charge in [0, 0.05) is 11.4 Å². The predicted molar refractivity (Wildman–Crippen MR) is 135 cm³/mol. The number of nitrogen functional groups attached to an aromatic ring is 2. The average molecular weight is 461 g/mol. The molecule has 0 aliphatic rings. The van der Waals surface area contributed by atoms with Gasteiger partial charge in [-0.15, -0.1) is 0 Å². The number of aryl methyl sites for hydroxylation is 2. The van der Waals surface area contributed by atoms with Crippen molar-refractivity contribution in [3.8, 4) is 11.5 Å². The number of carbonyl (C=O) groups excluding carboxylic acids is 2. The molecule has 4 N–H and O–H groups in total. The summed E-state index contributed by atoms with van der Waals surface area (Å²) in [5.41, 5.74) is 15.5. The lowest BCUT2D eigenvalue weighted by Crippen LogP contribution is -2.12. The second-order valence-electron chi connectivity index (χ2n) is 8.30. The molecule has 0 heterocycles. The Hall–Kier alpha value is -3.80. The van der Waals surface area contributed by atoms with E-state index >= 15 is 0 Å². The van der Waals surface area contributed by atoms with E-state index in [0.717, 1.165) is 49.7 Å². The van der Waals surface area contributed by atoms with Crippen LogP contribution in [0.2, 0.25) is 0 Å². The van der Waals surface area contributed by atoms with E-state index in [2.05, 4.69) is 13.8 Å². The highest BCUT2D eigenvalue weighted by Gasteiger charge is 2.16. The summed E-state index contributed by atoms with van der Waals surface area (Å²) in [5.74, 6) is 0.00355. The summed E-state index contributed by atoms with van der Waals surface area (Å²) >= 11 is 0. The number of carbonyl (C=O) groups is 2. The number of rotatable bonds is 10. The Morgan fingerprint density at radius 1 is 0.647 bits per heavy atom. The number of nitrogens with two attached hydrogens (primary N) is 2. The summed E-state index contributed by atoms with van der Waals surface area (Å²) in [6.07, 6.45) is 5.55. The van der Waals surface area contributed by atoms with E-state index in [-0.39, 0.29) is 0 Å². The lowest BCUT2D eigenvalue weighted by Gasteiger charge is -2.12. The third kappa shape index (κ3) is 6.61. The van der Waals surface area contributed by atoms with Crippen LogP contribution in [0.15, 0.2) is 60.7 Å². The first-order chi connectivity index (χ1) is 16.4. The van der Waals surface area contributed by atoms with E-state index < -0.39 is 11.9 Å². The minimum absolute atomic E-state index is 0.339. The van der Waals surface area contributed by atoms with Crippen molar-refractivity contribution in [2.75, 3.05) is 11.5 Å². The van der Waals surface area contributed by atoms with Gasteiger partial charge < -0.3 is 20.9 Å². The Morgan fingerprint density at radius 3 is 1.38 bits per heavy atom. The van der Waals surface area contributed by atoms with Gasteiger partial charge in [0.1, 0.15) is 11.5 Å². The molecular formula is C28H32N2O4. The highest BCUT2D eigenvalue weighted by molar-refractivity contribution is 5.95. The molecule has 0 aliphatic heterocycles. The molecule has 0 fully saturated rings. The molecule has 3 aromatic carbocycles. The van der Waals surface area contributed by atoms with Gasteiger partial charge in [-0.3, -0.25) is 0 Å². The van der Waals surface area contributed by atoms with E-state index in [4.69, 9.17) is 20.9 Å². The number of esters is 2. The van der Waals surface area contributed by atoms with Crippen molar-refractivity contribution in [3.63, 3.8) is 0 Å². The zero-order valence-corrected chi connectivity index (χ0v) is 19.8. The Balaban J connectivity index is 1.70. The van der Waals surface area contributed by atoms with Gasteiger partial charge in [-0.05, 0) is 97.5 Å². The first-order valence-electron chi connectivity index (χ1n) is 11.7. The van der Waals surface area contributed by atoms with Crippen LogP contribution in [0, 0.1) is 0 Å². The van der Waals surface area contributed by atoms with Gasteiger partial charge in [0.25, 0.3) is 0 Å². The molecule has 0 amide bonds. The van der Waals surface area contributed by atoms with Crippen molar-refractivity contribution < 1.29 is 19.1 Å². The molecule has 0 atom stereocenters. The molecule has 6 nitrogen and oxygen atoms in total.